The van der Waals surface area contributed by atoms with Crippen molar-refractivity contribution in [2.75, 3.05) is 11.4 Å². The van der Waals surface area contributed by atoms with E-state index in [9.17, 15) is 4.39 Å². The SMILES string of the molecule is CC1(C#Cc2cccc3c2CCCN3c2nc3nncn3c3cc(Cl)c(F)cc23)CC1. The maximum absolute atomic E-state index is 14.5. The van der Waals surface area contributed by atoms with Gasteiger partial charge in [0.15, 0.2) is 0 Å². The molecule has 0 spiro atoms. The van der Waals surface area contributed by atoms with E-state index in [0.29, 0.717) is 17.0 Å². The van der Waals surface area contributed by atoms with Crippen LogP contribution < -0.4 is 4.90 Å². The molecule has 3 heterocycles. The Hall–Kier alpha value is -3.17. The zero-order chi connectivity index (χ0) is 21.2. The number of anilines is 2. The number of benzene rings is 2. The number of aromatic nitrogens is 4. The average molecular weight is 432 g/mol. The highest BCUT2D eigenvalue weighted by Crippen LogP contribution is 2.44. The Labute approximate surface area is 183 Å². The van der Waals surface area contributed by atoms with E-state index in [1.807, 2.05) is 6.07 Å². The fourth-order valence-electron chi connectivity index (χ4n) is 4.24. The van der Waals surface area contributed by atoms with Crippen molar-refractivity contribution in [3.8, 4) is 11.8 Å². The summed E-state index contributed by atoms with van der Waals surface area (Å²) in [5.74, 6) is 7.51. The van der Waals surface area contributed by atoms with Gasteiger partial charge in [-0.1, -0.05) is 29.5 Å². The van der Waals surface area contributed by atoms with Crippen LogP contribution in [0.4, 0.5) is 15.9 Å². The van der Waals surface area contributed by atoms with Crippen molar-refractivity contribution in [1.29, 1.82) is 0 Å². The fourth-order valence-corrected chi connectivity index (χ4v) is 4.40. The minimum Gasteiger partial charge on any atom is -0.325 e. The molecule has 5 nitrogen and oxygen atoms in total. The Bertz CT molecular complexity index is 1430. The van der Waals surface area contributed by atoms with Gasteiger partial charge in [0.1, 0.15) is 18.0 Å². The van der Waals surface area contributed by atoms with Crippen LogP contribution in [0.25, 0.3) is 16.7 Å². The van der Waals surface area contributed by atoms with Crippen molar-refractivity contribution >= 4 is 39.8 Å². The standard InChI is InChI=1S/C24H19ClFN5/c1-24(9-10-24)8-7-15-4-2-6-20-16(15)5-3-11-30(20)22-17-12-19(26)18(25)13-21(17)31-14-27-29-23(31)28-22/h2,4,6,12-14H,3,5,9-11H2,1H3. The zero-order valence-corrected chi connectivity index (χ0v) is 17.7. The maximum atomic E-state index is 14.5. The quantitative estimate of drug-likeness (QED) is 0.383. The highest BCUT2D eigenvalue weighted by molar-refractivity contribution is 6.31. The van der Waals surface area contributed by atoms with E-state index >= 15 is 0 Å². The topological polar surface area (TPSA) is 46.3 Å². The van der Waals surface area contributed by atoms with Crippen LogP contribution in [0.3, 0.4) is 0 Å². The Morgan fingerprint density at radius 3 is 2.94 bits per heavy atom. The predicted octanol–water partition coefficient (Wildman–Crippen LogP) is 5.31. The minimum atomic E-state index is -0.473. The summed E-state index contributed by atoms with van der Waals surface area (Å²) in [5.41, 5.74) is 4.24. The lowest BCUT2D eigenvalue weighted by Crippen LogP contribution is -2.26. The molecule has 0 radical (unpaired) electrons. The van der Waals surface area contributed by atoms with Gasteiger partial charge in [-0.25, -0.2) is 4.39 Å². The van der Waals surface area contributed by atoms with E-state index in [2.05, 4.69) is 46.0 Å². The summed E-state index contributed by atoms with van der Waals surface area (Å²) >= 11 is 6.09. The first-order valence-electron chi connectivity index (χ1n) is 10.4. The second kappa shape index (κ2) is 6.66. The molecule has 0 atom stereocenters. The smallest absolute Gasteiger partial charge is 0.257 e. The molecule has 154 valence electrons. The molecular weight excluding hydrogens is 413 g/mol. The first kappa shape index (κ1) is 18.6. The normalized spacial score (nSPS) is 16.8. The summed E-state index contributed by atoms with van der Waals surface area (Å²) in [4.78, 5) is 6.90. The Morgan fingerprint density at radius 1 is 1.23 bits per heavy atom. The molecule has 1 aliphatic carbocycles. The lowest BCUT2D eigenvalue weighted by atomic mass is 9.95. The third-order valence-electron chi connectivity index (χ3n) is 6.28. The molecule has 31 heavy (non-hydrogen) atoms. The van der Waals surface area contributed by atoms with Crippen molar-refractivity contribution < 1.29 is 4.39 Å². The first-order chi connectivity index (χ1) is 15.0. The maximum Gasteiger partial charge on any atom is 0.257 e. The molecule has 0 saturated heterocycles. The van der Waals surface area contributed by atoms with Gasteiger partial charge in [-0.15, -0.1) is 10.2 Å². The summed E-state index contributed by atoms with van der Waals surface area (Å²) in [5, 5.41) is 8.84. The second-order valence-electron chi connectivity index (χ2n) is 8.59. The Kier molecular flexibility index (Phi) is 4.00. The third kappa shape index (κ3) is 3.03. The molecule has 2 aromatic carbocycles. The van der Waals surface area contributed by atoms with Crippen LogP contribution in [0.1, 0.15) is 37.3 Å². The Balaban J connectivity index is 1.56. The van der Waals surface area contributed by atoms with E-state index in [-0.39, 0.29) is 10.4 Å². The molecule has 0 unspecified atom stereocenters. The van der Waals surface area contributed by atoms with E-state index in [1.54, 1.807) is 16.8 Å². The molecule has 1 saturated carbocycles. The summed E-state index contributed by atoms with van der Waals surface area (Å²) < 4.78 is 16.2. The zero-order valence-electron chi connectivity index (χ0n) is 17.0. The van der Waals surface area contributed by atoms with Crippen molar-refractivity contribution in [3.63, 3.8) is 0 Å². The number of halogens is 2. The van der Waals surface area contributed by atoms with Gasteiger partial charge < -0.3 is 4.90 Å². The molecule has 0 amide bonds. The molecule has 1 fully saturated rings. The van der Waals surface area contributed by atoms with Crippen molar-refractivity contribution in [3.05, 3.63) is 58.6 Å². The lowest BCUT2D eigenvalue weighted by molar-refractivity contribution is 0.630. The number of nitrogens with zero attached hydrogens (tertiary/aromatic N) is 5. The molecule has 7 heteroatoms. The van der Waals surface area contributed by atoms with Crippen LogP contribution in [0.5, 0.6) is 0 Å². The van der Waals surface area contributed by atoms with Crippen LogP contribution in [0.2, 0.25) is 5.02 Å². The largest absolute Gasteiger partial charge is 0.325 e. The van der Waals surface area contributed by atoms with Crippen molar-refractivity contribution in [2.24, 2.45) is 5.41 Å². The van der Waals surface area contributed by atoms with E-state index in [0.717, 1.165) is 36.2 Å². The molecule has 0 bridgehead atoms. The highest BCUT2D eigenvalue weighted by Gasteiger charge is 2.35. The van der Waals surface area contributed by atoms with Crippen LogP contribution in [0.15, 0.2) is 36.7 Å². The molecule has 4 aromatic rings. The monoisotopic (exact) mass is 431 g/mol. The van der Waals surface area contributed by atoms with Gasteiger partial charge in [-0.05, 0) is 62.4 Å². The minimum absolute atomic E-state index is 0.0600. The molecule has 2 aromatic heterocycles. The van der Waals surface area contributed by atoms with Crippen LogP contribution >= 0.6 is 11.6 Å². The number of hydrogen-bond donors (Lipinski definition) is 0. The van der Waals surface area contributed by atoms with Crippen LogP contribution in [0, 0.1) is 23.1 Å². The summed E-state index contributed by atoms with van der Waals surface area (Å²) in [7, 11) is 0. The highest BCUT2D eigenvalue weighted by atomic mass is 35.5. The molecular formula is C24H19ClFN5. The molecule has 6 rings (SSSR count). The van der Waals surface area contributed by atoms with Gasteiger partial charge in [-0.2, -0.15) is 4.98 Å². The first-order valence-corrected chi connectivity index (χ1v) is 10.8. The van der Waals surface area contributed by atoms with Gasteiger partial charge in [0.05, 0.1) is 10.5 Å². The van der Waals surface area contributed by atoms with Crippen molar-refractivity contribution in [1.82, 2.24) is 19.6 Å². The van der Waals surface area contributed by atoms with Gasteiger partial charge in [0.25, 0.3) is 5.78 Å². The second-order valence-corrected chi connectivity index (χ2v) is 9.00. The van der Waals surface area contributed by atoms with Gasteiger partial charge in [-0.3, -0.25) is 4.40 Å². The van der Waals surface area contributed by atoms with Gasteiger partial charge >= 0.3 is 0 Å². The van der Waals surface area contributed by atoms with E-state index in [4.69, 9.17) is 16.6 Å². The van der Waals surface area contributed by atoms with E-state index in [1.165, 1.54) is 24.5 Å². The Morgan fingerprint density at radius 2 is 2.10 bits per heavy atom. The van der Waals surface area contributed by atoms with Crippen molar-refractivity contribution in [2.45, 2.75) is 32.6 Å². The summed E-state index contributed by atoms with van der Waals surface area (Å²) in [6.45, 7) is 2.99. The van der Waals surface area contributed by atoms with Crippen LogP contribution in [-0.4, -0.2) is 26.1 Å². The molecule has 1 aliphatic heterocycles. The number of rotatable bonds is 1. The molecule has 2 aliphatic rings. The fraction of sp³-hybridized carbons (Fsp3) is 0.292. The molecule has 0 N–H and O–H groups in total. The summed E-state index contributed by atoms with van der Waals surface area (Å²) in [6, 6.07) is 9.27. The average Bonchev–Trinajstić information content (AvgIpc) is 3.31. The van der Waals surface area contributed by atoms with E-state index < -0.39 is 5.82 Å². The number of hydrogen-bond acceptors (Lipinski definition) is 4. The van der Waals surface area contributed by atoms with Gasteiger partial charge in [0.2, 0.25) is 0 Å². The third-order valence-corrected chi connectivity index (χ3v) is 6.57. The predicted molar refractivity (Wildman–Crippen MR) is 119 cm³/mol. The van der Waals surface area contributed by atoms with Gasteiger partial charge in [0, 0.05) is 28.6 Å². The van der Waals surface area contributed by atoms with Crippen LogP contribution in [-0.2, 0) is 6.42 Å². The lowest BCUT2D eigenvalue weighted by Gasteiger charge is -2.32. The number of fused-ring (bicyclic) bond motifs is 4. The summed E-state index contributed by atoms with van der Waals surface area (Å²) in [6.07, 6.45) is 5.82.